The number of amides is 1. The zero-order chi connectivity index (χ0) is 25.5. The van der Waals surface area contributed by atoms with E-state index in [2.05, 4.69) is 18.7 Å². The van der Waals surface area contributed by atoms with E-state index in [9.17, 15) is 14.7 Å². The fourth-order valence-electron chi connectivity index (χ4n) is 4.34. The van der Waals surface area contributed by atoms with Crippen molar-refractivity contribution in [3.63, 3.8) is 0 Å². The molecular weight excluding hydrogens is 468 g/mol. The van der Waals surface area contributed by atoms with Gasteiger partial charge in [-0.2, -0.15) is 0 Å². The first-order valence-electron chi connectivity index (χ1n) is 11.9. The van der Waals surface area contributed by atoms with Crippen LogP contribution in [0.3, 0.4) is 0 Å². The van der Waals surface area contributed by atoms with Gasteiger partial charge in [0, 0.05) is 12.1 Å². The lowest BCUT2D eigenvalue weighted by atomic mass is 9.95. The molecular formula is C27H33ClN2O5. The minimum absolute atomic E-state index is 0.0447. The Kier molecular flexibility index (Phi) is 9.18. The van der Waals surface area contributed by atoms with Crippen LogP contribution in [0.5, 0.6) is 11.5 Å². The van der Waals surface area contributed by atoms with Gasteiger partial charge in [-0.15, -0.1) is 0 Å². The highest BCUT2D eigenvalue weighted by Gasteiger charge is 2.45. The second-order valence-corrected chi connectivity index (χ2v) is 8.63. The number of hydrogen-bond donors (Lipinski definition) is 1. The Labute approximate surface area is 211 Å². The van der Waals surface area contributed by atoms with Crippen LogP contribution in [-0.2, 0) is 9.59 Å². The number of methoxy groups -OCH3 is 1. The maximum Gasteiger partial charge on any atom is 0.295 e. The van der Waals surface area contributed by atoms with E-state index in [1.54, 1.807) is 29.2 Å². The van der Waals surface area contributed by atoms with Gasteiger partial charge in [0.25, 0.3) is 11.7 Å². The third-order valence-electron chi connectivity index (χ3n) is 6.24. The molecule has 1 heterocycles. The molecule has 0 aliphatic carbocycles. The quantitative estimate of drug-likeness (QED) is 0.268. The van der Waals surface area contributed by atoms with E-state index in [0.29, 0.717) is 41.7 Å². The minimum atomic E-state index is -0.719. The number of benzene rings is 2. The highest BCUT2D eigenvalue weighted by molar-refractivity contribution is 6.46. The zero-order valence-corrected chi connectivity index (χ0v) is 21.5. The summed E-state index contributed by atoms with van der Waals surface area (Å²) in [6.45, 7) is 9.64. The Bertz CT molecular complexity index is 1080. The molecule has 35 heavy (non-hydrogen) atoms. The summed E-state index contributed by atoms with van der Waals surface area (Å²) in [6, 6.07) is 11.3. The number of nitrogens with zero attached hydrogens (tertiary/aromatic N) is 2. The summed E-state index contributed by atoms with van der Waals surface area (Å²) < 4.78 is 10.7. The molecule has 188 valence electrons. The lowest BCUT2D eigenvalue weighted by molar-refractivity contribution is -0.140. The number of likely N-dealkylation sites (tertiary alicyclic amines) is 1. The number of carbonyl (C=O) groups is 2. The molecule has 2 aromatic carbocycles. The van der Waals surface area contributed by atoms with E-state index in [-0.39, 0.29) is 11.3 Å². The van der Waals surface area contributed by atoms with Crippen molar-refractivity contribution in [1.82, 2.24) is 9.80 Å². The molecule has 1 unspecified atom stereocenters. The number of Topliss-reactive ketones (excluding diaryl/α,β-unsaturated/α-hetero) is 1. The first-order chi connectivity index (χ1) is 16.9. The molecule has 0 spiro atoms. The van der Waals surface area contributed by atoms with Crippen molar-refractivity contribution in [2.75, 3.05) is 39.9 Å². The molecule has 8 heteroatoms. The van der Waals surface area contributed by atoms with Crippen LogP contribution in [-0.4, -0.2) is 66.5 Å². The molecule has 1 fully saturated rings. The third kappa shape index (κ3) is 5.80. The van der Waals surface area contributed by atoms with Crippen LogP contribution < -0.4 is 9.47 Å². The average molecular weight is 501 g/mol. The molecule has 1 atom stereocenters. The SMILES string of the molecule is CCOc1ccc(C2C(=C(O)c3ccc(OC)c(Cl)c3)C(=O)C(=O)N2CCCN(CC)CC)cc1. The highest BCUT2D eigenvalue weighted by atomic mass is 35.5. The monoisotopic (exact) mass is 500 g/mol. The normalized spacial score (nSPS) is 17.3. The molecule has 1 saturated heterocycles. The number of carbonyl (C=O) groups excluding carboxylic acids is 2. The standard InChI is InChI=1S/C27H33ClN2O5/c1-5-29(6-2)15-8-16-30-24(18-9-12-20(13-10-18)35-7-3)23(26(32)27(30)33)25(31)19-11-14-22(34-4)21(28)17-19/h9-14,17,24,31H,5-8,15-16H2,1-4H3. The fraction of sp³-hybridized carbons (Fsp3) is 0.407. The molecule has 1 aliphatic rings. The second kappa shape index (κ2) is 12.1. The number of hydrogen-bond acceptors (Lipinski definition) is 6. The topological polar surface area (TPSA) is 79.3 Å². The molecule has 0 bridgehead atoms. The van der Waals surface area contributed by atoms with E-state index < -0.39 is 17.7 Å². The average Bonchev–Trinajstić information content (AvgIpc) is 3.11. The Morgan fingerprint density at radius 2 is 1.77 bits per heavy atom. The number of aliphatic hydroxyl groups is 1. The summed E-state index contributed by atoms with van der Waals surface area (Å²) in [6.07, 6.45) is 0.705. The van der Waals surface area contributed by atoms with Crippen molar-refractivity contribution in [3.8, 4) is 11.5 Å². The number of halogens is 1. The van der Waals surface area contributed by atoms with E-state index in [1.165, 1.54) is 13.2 Å². The predicted octanol–water partition coefficient (Wildman–Crippen LogP) is 4.90. The first kappa shape index (κ1) is 26.6. The van der Waals surface area contributed by atoms with Crippen LogP contribution in [0.2, 0.25) is 5.02 Å². The van der Waals surface area contributed by atoms with Crippen LogP contribution in [0.15, 0.2) is 48.0 Å². The summed E-state index contributed by atoms with van der Waals surface area (Å²) in [5.41, 5.74) is 1.10. The third-order valence-corrected chi connectivity index (χ3v) is 6.54. The van der Waals surface area contributed by atoms with Crippen molar-refractivity contribution >= 4 is 29.1 Å². The molecule has 1 N–H and O–H groups in total. The van der Waals surface area contributed by atoms with Crippen LogP contribution >= 0.6 is 11.6 Å². The predicted molar refractivity (Wildman–Crippen MR) is 137 cm³/mol. The fourth-order valence-corrected chi connectivity index (χ4v) is 4.60. The summed E-state index contributed by atoms with van der Waals surface area (Å²) in [4.78, 5) is 30.2. The van der Waals surface area contributed by atoms with Crippen LogP contribution in [0, 0.1) is 0 Å². The number of ketones is 1. The van der Waals surface area contributed by atoms with Crippen molar-refractivity contribution < 1.29 is 24.2 Å². The van der Waals surface area contributed by atoms with Gasteiger partial charge in [0.15, 0.2) is 0 Å². The van der Waals surface area contributed by atoms with Gasteiger partial charge >= 0.3 is 0 Å². The van der Waals surface area contributed by atoms with Gasteiger partial charge < -0.3 is 24.4 Å². The summed E-state index contributed by atoms with van der Waals surface area (Å²) in [5, 5.41) is 11.5. The molecule has 2 aromatic rings. The lowest BCUT2D eigenvalue weighted by Crippen LogP contribution is -2.33. The van der Waals surface area contributed by atoms with Gasteiger partial charge in [0.05, 0.1) is 30.4 Å². The number of rotatable bonds is 11. The maximum absolute atomic E-state index is 13.2. The van der Waals surface area contributed by atoms with Crippen molar-refractivity contribution in [3.05, 3.63) is 64.2 Å². The zero-order valence-electron chi connectivity index (χ0n) is 20.7. The van der Waals surface area contributed by atoms with Crippen LogP contribution in [0.1, 0.15) is 44.4 Å². The molecule has 0 aromatic heterocycles. The summed E-state index contributed by atoms with van der Waals surface area (Å²) >= 11 is 6.26. The van der Waals surface area contributed by atoms with Gasteiger partial charge in [-0.05, 0) is 68.9 Å². The number of aliphatic hydroxyl groups excluding tert-OH is 1. The van der Waals surface area contributed by atoms with Gasteiger partial charge in [0.2, 0.25) is 0 Å². The van der Waals surface area contributed by atoms with E-state index in [0.717, 1.165) is 25.2 Å². The van der Waals surface area contributed by atoms with Gasteiger partial charge in [-0.1, -0.05) is 37.6 Å². The largest absolute Gasteiger partial charge is 0.507 e. The minimum Gasteiger partial charge on any atom is -0.507 e. The lowest BCUT2D eigenvalue weighted by Gasteiger charge is -2.27. The molecule has 3 rings (SSSR count). The Balaban J connectivity index is 2.04. The Hall–Kier alpha value is -3.03. The van der Waals surface area contributed by atoms with Crippen molar-refractivity contribution in [1.29, 1.82) is 0 Å². The second-order valence-electron chi connectivity index (χ2n) is 8.22. The van der Waals surface area contributed by atoms with Gasteiger partial charge in [-0.25, -0.2) is 0 Å². The first-order valence-corrected chi connectivity index (χ1v) is 12.3. The highest BCUT2D eigenvalue weighted by Crippen LogP contribution is 2.40. The summed E-state index contributed by atoms with van der Waals surface area (Å²) in [7, 11) is 1.50. The maximum atomic E-state index is 13.2. The van der Waals surface area contributed by atoms with E-state index in [4.69, 9.17) is 21.1 Å². The smallest absolute Gasteiger partial charge is 0.295 e. The molecule has 1 amide bonds. The van der Waals surface area contributed by atoms with E-state index >= 15 is 0 Å². The molecule has 0 radical (unpaired) electrons. The van der Waals surface area contributed by atoms with Crippen molar-refractivity contribution in [2.24, 2.45) is 0 Å². The molecule has 1 aliphatic heterocycles. The van der Waals surface area contributed by atoms with E-state index in [1.807, 2.05) is 19.1 Å². The van der Waals surface area contributed by atoms with Gasteiger partial charge in [-0.3, -0.25) is 9.59 Å². The van der Waals surface area contributed by atoms with Crippen molar-refractivity contribution in [2.45, 2.75) is 33.2 Å². The Morgan fingerprint density at radius 1 is 1.09 bits per heavy atom. The van der Waals surface area contributed by atoms with Crippen LogP contribution in [0.4, 0.5) is 0 Å². The number of ether oxygens (including phenoxy) is 2. The molecule has 7 nitrogen and oxygen atoms in total. The molecule has 0 saturated carbocycles. The van der Waals surface area contributed by atoms with Gasteiger partial charge in [0.1, 0.15) is 17.3 Å². The Morgan fingerprint density at radius 3 is 2.34 bits per heavy atom. The van der Waals surface area contributed by atoms with Crippen LogP contribution in [0.25, 0.3) is 5.76 Å². The summed E-state index contributed by atoms with van der Waals surface area (Å²) in [5.74, 6) is -0.460.